The maximum atomic E-state index is 12.8. The van der Waals surface area contributed by atoms with Crippen LogP contribution in [0.15, 0.2) is 53.5 Å². The lowest BCUT2D eigenvalue weighted by atomic mass is 10.1. The first-order chi connectivity index (χ1) is 12.2. The molecule has 0 radical (unpaired) electrons. The summed E-state index contributed by atoms with van der Waals surface area (Å²) in [5.41, 5.74) is 2.99. The number of carbonyl (C=O) groups is 1. The minimum absolute atomic E-state index is 0.0736. The lowest BCUT2D eigenvalue weighted by Crippen LogP contribution is -2.37. The Hall–Kier alpha value is -2.13. The molecule has 1 aliphatic rings. The van der Waals surface area contributed by atoms with E-state index in [2.05, 4.69) is 41.1 Å². The predicted molar refractivity (Wildman–Crippen MR) is 105 cm³/mol. The van der Waals surface area contributed by atoms with E-state index in [1.165, 1.54) is 5.56 Å². The number of carbonyl (C=O) groups excluding carboxylic acids is 1. The zero-order chi connectivity index (χ0) is 17.6. The highest BCUT2D eigenvalue weighted by Gasteiger charge is 2.20. The molecule has 0 bridgehead atoms. The summed E-state index contributed by atoms with van der Waals surface area (Å²) in [4.78, 5) is 19.5. The third-order valence-corrected chi connectivity index (χ3v) is 4.79. The fourth-order valence-electron chi connectivity index (χ4n) is 3.02. The quantitative estimate of drug-likeness (QED) is 0.693. The second-order valence-electron chi connectivity index (χ2n) is 6.29. The highest BCUT2D eigenvalue weighted by molar-refractivity contribution is 6.30. The van der Waals surface area contributed by atoms with Gasteiger partial charge in [-0.3, -0.25) is 9.79 Å². The highest BCUT2D eigenvalue weighted by Crippen LogP contribution is 2.21. The number of amidine groups is 1. The van der Waals surface area contributed by atoms with Gasteiger partial charge >= 0.3 is 0 Å². The smallest absolute Gasteiger partial charge is 0.182 e. The molecule has 0 saturated heterocycles. The maximum Gasteiger partial charge on any atom is 0.182 e. The lowest BCUT2D eigenvalue weighted by molar-refractivity contribution is 0.100. The number of halogens is 1. The molecule has 2 aromatic rings. The molecule has 0 saturated carbocycles. The van der Waals surface area contributed by atoms with Crippen LogP contribution < -0.4 is 4.90 Å². The number of benzene rings is 2. The summed E-state index contributed by atoms with van der Waals surface area (Å²) in [5.74, 6) is 1.09. The van der Waals surface area contributed by atoms with Crippen molar-refractivity contribution in [2.24, 2.45) is 4.99 Å². The van der Waals surface area contributed by atoms with Gasteiger partial charge in [0.1, 0.15) is 5.84 Å². The van der Waals surface area contributed by atoms with Crippen molar-refractivity contribution in [3.8, 4) is 0 Å². The number of Topliss-reactive ketones (excluding diaryl/α,β-unsaturated/α-hetero) is 1. The molecule has 2 aromatic carbocycles. The number of aliphatic imine (C=N–C) groups is 1. The molecule has 0 amide bonds. The molecule has 0 N–H and O–H groups in total. The Morgan fingerprint density at radius 1 is 1.08 bits per heavy atom. The van der Waals surface area contributed by atoms with E-state index in [1.54, 1.807) is 24.3 Å². The number of ketones is 1. The summed E-state index contributed by atoms with van der Waals surface area (Å²) in [6.07, 6.45) is 4.17. The van der Waals surface area contributed by atoms with E-state index in [4.69, 9.17) is 11.6 Å². The molecule has 0 atom stereocenters. The molecule has 130 valence electrons. The van der Waals surface area contributed by atoms with Crippen molar-refractivity contribution in [2.45, 2.75) is 32.6 Å². The second-order valence-corrected chi connectivity index (χ2v) is 6.73. The van der Waals surface area contributed by atoms with E-state index in [-0.39, 0.29) is 5.78 Å². The number of hydrogen-bond donors (Lipinski definition) is 0. The molecule has 25 heavy (non-hydrogen) atoms. The Balaban J connectivity index is 1.86. The molecular formula is C21H23ClN2O. The summed E-state index contributed by atoms with van der Waals surface area (Å²) in [6, 6.07) is 15.5. The molecule has 3 rings (SSSR count). The van der Waals surface area contributed by atoms with Crippen LogP contribution >= 0.6 is 11.6 Å². The third kappa shape index (κ3) is 4.49. The molecular weight excluding hydrogens is 332 g/mol. The Morgan fingerprint density at radius 2 is 1.80 bits per heavy atom. The standard InChI is InChI=1S/C21H23ClN2O/c1-2-16-6-12-19(13-7-16)24(21-5-3-4-14-23-21)15-20(25)17-8-10-18(22)11-9-17/h6-13H,2-5,14-15H2,1H3. The van der Waals surface area contributed by atoms with Crippen LogP contribution in [0.3, 0.4) is 0 Å². The van der Waals surface area contributed by atoms with Crippen LogP contribution in [0, 0.1) is 0 Å². The average molecular weight is 355 g/mol. The minimum atomic E-state index is 0.0736. The number of rotatable bonds is 5. The normalized spacial score (nSPS) is 14.1. The Labute approximate surface area is 154 Å². The van der Waals surface area contributed by atoms with Crippen LogP contribution in [-0.4, -0.2) is 24.7 Å². The van der Waals surface area contributed by atoms with Crippen molar-refractivity contribution in [2.75, 3.05) is 18.0 Å². The summed E-state index contributed by atoms with van der Waals surface area (Å²) < 4.78 is 0. The van der Waals surface area contributed by atoms with Crippen molar-refractivity contribution in [3.05, 3.63) is 64.7 Å². The topological polar surface area (TPSA) is 32.7 Å². The van der Waals surface area contributed by atoms with Gasteiger partial charge in [-0.05, 0) is 61.2 Å². The first-order valence-corrected chi connectivity index (χ1v) is 9.23. The van der Waals surface area contributed by atoms with Gasteiger partial charge in [-0.2, -0.15) is 0 Å². The number of anilines is 1. The summed E-state index contributed by atoms with van der Waals surface area (Å²) >= 11 is 5.93. The van der Waals surface area contributed by atoms with E-state index in [0.29, 0.717) is 17.1 Å². The van der Waals surface area contributed by atoms with E-state index in [9.17, 15) is 4.79 Å². The van der Waals surface area contributed by atoms with E-state index in [1.807, 2.05) is 0 Å². The molecule has 3 nitrogen and oxygen atoms in total. The van der Waals surface area contributed by atoms with Gasteiger partial charge in [-0.25, -0.2) is 0 Å². The Bertz CT molecular complexity index is 750. The van der Waals surface area contributed by atoms with Gasteiger partial charge in [0.2, 0.25) is 0 Å². The minimum Gasteiger partial charge on any atom is -0.322 e. The van der Waals surface area contributed by atoms with Gasteiger partial charge < -0.3 is 4.90 Å². The fourth-order valence-corrected chi connectivity index (χ4v) is 3.14. The van der Waals surface area contributed by atoms with Gasteiger partial charge in [-0.1, -0.05) is 30.7 Å². The molecule has 0 aromatic heterocycles. The molecule has 0 aliphatic carbocycles. The number of hydrogen-bond acceptors (Lipinski definition) is 3. The number of nitrogens with zero attached hydrogens (tertiary/aromatic N) is 2. The predicted octanol–water partition coefficient (Wildman–Crippen LogP) is 5.17. The van der Waals surface area contributed by atoms with Crippen LogP contribution in [0.4, 0.5) is 5.69 Å². The zero-order valence-corrected chi connectivity index (χ0v) is 15.3. The molecule has 0 fully saturated rings. The zero-order valence-electron chi connectivity index (χ0n) is 14.5. The van der Waals surface area contributed by atoms with Gasteiger partial charge in [0.15, 0.2) is 5.78 Å². The first-order valence-electron chi connectivity index (χ1n) is 8.86. The maximum absolute atomic E-state index is 12.8. The van der Waals surface area contributed by atoms with E-state index in [0.717, 1.165) is 43.8 Å². The van der Waals surface area contributed by atoms with Crippen molar-refractivity contribution in [1.29, 1.82) is 0 Å². The third-order valence-electron chi connectivity index (χ3n) is 4.54. The molecule has 0 unspecified atom stereocenters. The number of aryl methyl sites for hydroxylation is 1. The largest absolute Gasteiger partial charge is 0.322 e. The van der Waals surface area contributed by atoms with Crippen LogP contribution in [-0.2, 0) is 6.42 Å². The summed E-state index contributed by atoms with van der Waals surface area (Å²) in [5, 5.41) is 0.639. The SMILES string of the molecule is CCc1ccc(N(CC(=O)c2ccc(Cl)cc2)C2=NCCCC2)cc1. The lowest BCUT2D eigenvalue weighted by Gasteiger charge is -2.28. The highest BCUT2D eigenvalue weighted by atomic mass is 35.5. The molecule has 1 aliphatic heterocycles. The average Bonchev–Trinajstić information content (AvgIpc) is 2.67. The van der Waals surface area contributed by atoms with Crippen LogP contribution in [0.5, 0.6) is 0 Å². The molecule has 1 heterocycles. The monoisotopic (exact) mass is 354 g/mol. The van der Waals surface area contributed by atoms with Crippen molar-refractivity contribution in [3.63, 3.8) is 0 Å². The second kappa shape index (κ2) is 8.30. The van der Waals surface area contributed by atoms with Crippen LogP contribution in [0.25, 0.3) is 0 Å². The summed E-state index contributed by atoms with van der Waals surface area (Å²) in [7, 11) is 0. The van der Waals surface area contributed by atoms with Crippen LogP contribution in [0.2, 0.25) is 5.02 Å². The van der Waals surface area contributed by atoms with Gasteiger partial charge in [-0.15, -0.1) is 0 Å². The van der Waals surface area contributed by atoms with Gasteiger partial charge in [0.05, 0.1) is 6.54 Å². The van der Waals surface area contributed by atoms with Crippen molar-refractivity contribution < 1.29 is 4.79 Å². The van der Waals surface area contributed by atoms with Crippen molar-refractivity contribution >= 4 is 28.9 Å². The van der Waals surface area contributed by atoms with Gasteiger partial charge in [0.25, 0.3) is 0 Å². The molecule has 4 heteroatoms. The first kappa shape index (κ1) is 17.7. The van der Waals surface area contributed by atoms with Crippen molar-refractivity contribution in [1.82, 2.24) is 0 Å². The Morgan fingerprint density at radius 3 is 2.40 bits per heavy atom. The molecule has 0 spiro atoms. The fraction of sp³-hybridized carbons (Fsp3) is 0.333. The summed E-state index contributed by atoms with van der Waals surface area (Å²) in [6.45, 7) is 3.28. The Kier molecular flexibility index (Phi) is 5.87. The van der Waals surface area contributed by atoms with Crippen LogP contribution in [0.1, 0.15) is 42.1 Å². The van der Waals surface area contributed by atoms with E-state index < -0.39 is 0 Å². The van der Waals surface area contributed by atoms with Gasteiger partial charge in [0, 0.05) is 29.2 Å². The van der Waals surface area contributed by atoms with E-state index >= 15 is 0 Å².